The van der Waals surface area contributed by atoms with Crippen molar-refractivity contribution in [1.29, 1.82) is 0 Å². The van der Waals surface area contributed by atoms with Gasteiger partial charge in [-0.25, -0.2) is 9.67 Å². The molecular formula is C19H19N7O. The smallest absolute Gasteiger partial charge is 0.256 e. The average molecular weight is 361 g/mol. The molecule has 27 heavy (non-hydrogen) atoms. The third-order valence-electron chi connectivity index (χ3n) is 4.45. The Morgan fingerprint density at radius 1 is 1.07 bits per heavy atom. The lowest BCUT2D eigenvalue weighted by Crippen LogP contribution is -2.17. The predicted octanol–water partition coefficient (Wildman–Crippen LogP) is 2.42. The number of fused-ring (bicyclic) bond motifs is 1. The summed E-state index contributed by atoms with van der Waals surface area (Å²) in [7, 11) is 0. The summed E-state index contributed by atoms with van der Waals surface area (Å²) >= 11 is 0. The fourth-order valence-electron chi connectivity index (χ4n) is 3.04. The molecule has 0 fully saturated rings. The van der Waals surface area contributed by atoms with Gasteiger partial charge in [0.05, 0.1) is 17.8 Å². The SMILES string of the molecule is Cc1ccn2c(NC(=O)Cc3c(C)nn(-c4ccccc4)c3C)nnc2n1. The van der Waals surface area contributed by atoms with Crippen molar-refractivity contribution in [3.05, 3.63) is 65.2 Å². The largest absolute Gasteiger partial charge is 0.294 e. The monoisotopic (exact) mass is 361 g/mol. The third kappa shape index (κ3) is 3.17. The molecule has 8 nitrogen and oxygen atoms in total. The number of hydrogen-bond acceptors (Lipinski definition) is 5. The molecule has 0 bridgehead atoms. The number of nitrogens with zero attached hydrogens (tertiary/aromatic N) is 6. The summed E-state index contributed by atoms with van der Waals surface area (Å²) in [5.41, 5.74) is 4.48. The number of aromatic nitrogens is 6. The van der Waals surface area contributed by atoms with E-state index >= 15 is 0 Å². The molecule has 0 spiro atoms. The molecule has 1 aromatic carbocycles. The molecule has 0 aliphatic carbocycles. The van der Waals surface area contributed by atoms with Crippen LogP contribution in [0.1, 0.15) is 22.6 Å². The van der Waals surface area contributed by atoms with Gasteiger partial charge in [0.2, 0.25) is 11.9 Å². The number of benzene rings is 1. The molecule has 0 aliphatic heterocycles. The summed E-state index contributed by atoms with van der Waals surface area (Å²) in [6.45, 7) is 5.76. The van der Waals surface area contributed by atoms with Crippen molar-refractivity contribution in [3.8, 4) is 5.69 Å². The standard InChI is InChI=1S/C19H19N7O/c1-12-9-10-25-18(20-12)22-23-19(25)21-17(27)11-16-13(2)24-26(14(16)3)15-7-5-4-6-8-15/h4-10H,11H2,1-3H3,(H,21,23,27). The van der Waals surface area contributed by atoms with E-state index in [4.69, 9.17) is 0 Å². The molecule has 1 amide bonds. The third-order valence-corrected chi connectivity index (χ3v) is 4.45. The molecule has 0 unspecified atom stereocenters. The van der Waals surface area contributed by atoms with Crippen molar-refractivity contribution < 1.29 is 4.79 Å². The van der Waals surface area contributed by atoms with Gasteiger partial charge in [0, 0.05) is 23.1 Å². The highest BCUT2D eigenvalue weighted by Gasteiger charge is 2.17. The van der Waals surface area contributed by atoms with Crippen LogP contribution in [-0.2, 0) is 11.2 Å². The van der Waals surface area contributed by atoms with E-state index in [0.29, 0.717) is 11.7 Å². The van der Waals surface area contributed by atoms with Crippen LogP contribution in [0.3, 0.4) is 0 Å². The van der Waals surface area contributed by atoms with Crippen molar-refractivity contribution >= 4 is 17.6 Å². The van der Waals surface area contributed by atoms with Gasteiger partial charge >= 0.3 is 0 Å². The molecule has 0 atom stereocenters. The van der Waals surface area contributed by atoms with Crippen LogP contribution in [-0.4, -0.2) is 35.3 Å². The quantitative estimate of drug-likeness (QED) is 0.603. The Bertz CT molecular complexity index is 1130. The first-order chi connectivity index (χ1) is 13.0. The van der Waals surface area contributed by atoms with Crippen LogP contribution in [0.15, 0.2) is 42.6 Å². The highest BCUT2D eigenvalue weighted by Crippen LogP contribution is 2.19. The number of carbonyl (C=O) groups excluding carboxylic acids is 1. The first kappa shape index (κ1) is 16.9. The second-order valence-electron chi connectivity index (χ2n) is 6.38. The van der Waals surface area contributed by atoms with Crippen molar-refractivity contribution in [2.75, 3.05) is 5.32 Å². The summed E-state index contributed by atoms with van der Waals surface area (Å²) in [5, 5.41) is 15.4. The highest BCUT2D eigenvalue weighted by atomic mass is 16.1. The number of nitrogens with one attached hydrogen (secondary N) is 1. The highest BCUT2D eigenvalue weighted by molar-refractivity contribution is 5.91. The van der Waals surface area contributed by atoms with Gasteiger partial charge in [0.25, 0.3) is 5.78 Å². The fraction of sp³-hybridized carbons (Fsp3) is 0.211. The fourth-order valence-corrected chi connectivity index (χ4v) is 3.04. The van der Waals surface area contributed by atoms with Crippen LogP contribution in [0.5, 0.6) is 0 Å². The lowest BCUT2D eigenvalue weighted by atomic mass is 10.1. The molecular weight excluding hydrogens is 342 g/mol. The normalized spacial score (nSPS) is 11.1. The van der Waals surface area contributed by atoms with Crippen LogP contribution in [0.4, 0.5) is 5.95 Å². The Hall–Kier alpha value is -3.55. The molecule has 3 aromatic heterocycles. The van der Waals surface area contributed by atoms with Gasteiger partial charge < -0.3 is 0 Å². The molecule has 8 heteroatoms. The topological polar surface area (TPSA) is 90.0 Å². The maximum absolute atomic E-state index is 12.6. The molecule has 4 aromatic rings. The Morgan fingerprint density at radius 2 is 1.85 bits per heavy atom. The van der Waals surface area contributed by atoms with E-state index in [-0.39, 0.29) is 12.3 Å². The van der Waals surface area contributed by atoms with Gasteiger partial charge in [0.1, 0.15) is 0 Å². The van der Waals surface area contributed by atoms with E-state index in [1.54, 1.807) is 10.6 Å². The zero-order chi connectivity index (χ0) is 19.0. The minimum absolute atomic E-state index is 0.177. The summed E-state index contributed by atoms with van der Waals surface area (Å²) in [6, 6.07) is 11.7. The summed E-state index contributed by atoms with van der Waals surface area (Å²) < 4.78 is 3.51. The zero-order valence-electron chi connectivity index (χ0n) is 15.3. The molecule has 0 radical (unpaired) electrons. The summed E-state index contributed by atoms with van der Waals surface area (Å²) in [5.74, 6) is 0.631. The van der Waals surface area contributed by atoms with Gasteiger partial charge in [-0.15, -0.1) is 10.2 Å². The first-order valence-electron chi connectivity index (χ1n) is 8.61. The molecule has 0 saturated heterocycles. The number of anilines is 1. The number of carbonyl (C=O) groups is 1. The summed E-state index contributed by atoms with van der Waals surface area (Å²) in [4.78, 5) is 16.9. The van der Waals surface area contributed by atoms with Crippen LogP contribution in [0, 0.1) is 20.8 Å². The lowest BCUT2D eigenvalue weighted by Gasteiger charge is -2.06. The maximum atomic E-state index is 12.6. The van der Waals surface area contributed by atoms with Crippen molar-refractivity contribution in [3.63, 3.8) is 0 Å². The minimum Gasteiger partial charge on any atom is -0.294 e. The molecule has 3 heterocycles. The average Bonchev–Trinajstić information content (AvgIpc) is 3.17. The molecule has 1 N–H and O–H groups in total. The summed E-state index contributed by atoms with van der Waals surface area (Å²) in [6.07, 6.45) is 2.00. The molecule has 4 rings (SSSR count). The molecule has 0 aliphatic rings. The van der Waals surface area contributed by atoms with E-state index in [0.717, 1.165) is 28.3 Å². The van der Waals surface area contributed by atoms with Gasteiger partial charge in [-0.2, -0.15) is 5.10 Å². The molecule has 136 valence electrons. The van der Waals surface area contributed by atoms with Crippen LogP contribution in [0.2, 0.25) is 0 Å². The number of rotatable bonds is 4. The van der Waals surface area contributed by atoms with Crippen LogP contribution in [0.25, 0.3) is 11.5 Å². The van der Waals surface area contributed by atoms with E-state index < -0.39 is 0 Å². The van der Waals surface area contributed by atoms with E-state index in [2.05, 4.69) is 25.6 Å². The Labute approximate surface area is 155 Å². The number of amides is 1. The second-order valence-corrected chi connectivity index (χ2v) is 6.38. The minimum atomic E-state index is -0.177. The maximum Gasteiger partial charge on any atom is 0.256 e. The van der Waals surface area contributed by atoms with E-state index in [1.807, 2.05) is 61.9 Å². The molecule has 0 saturated carbocycles. The van der Waals surface area contributed by atoms with Gasteiger partial charge in [-0.1, -0.05) is 18.2 Å². The predicted molar refractivity (Wildman–Crippen MR) is 101 cm³/mol. The van der Waals surface area contributed by atoms with Crippen molar-refractivity contribution in [1.82, 2.24) is 29.4 Å². The second kappa shape index (κ2) is 6.64. The Kier molecular flexibility index (Phi) is 4.15. The lowest BCUT2D eigenvalue weighted by molar-refractivity contribution is -0.115. The van der Waals surface area contributed by atoms with E-state index in [1.165, 1.54) is 0 Å². The number of hydrogen-bond donors (Lipinski definition) is 1. The van der Waals surface area contributed by atoms with E-state index in [9.17, 15) is 4.79 Å². The first-order valence-corrected chi connectivity index (χ1v) is 8.61. The Balaban J connectivity index is 1.57. The van der Waals surface area contributed by atoms with Gasteiger partial charge in [-0.05, 0) is 39.0 Å². The van der Waals surface area contributed by atoms with Crippen LogP contribution < -0.4 is 5.32 Å². The van der Waals surface area contributed by atoms with Crippen LogP contribution >= 0.6 is 0 Å². The Morgan fingerprint density at radius 3 is 2.63 bits per heavy atom. The van der Waals surface area contributed by atoms with Crippen molar-refractivity contribution in [2.24, 2.45) is 0 Å². The van der Waals surface area contributed by atoms with Gasteiger partial charge in [-0.3, -0.25) is 14.5 Å². The zero-order valence-corrected chi connectivity index (χ0v) is 15.3. The number of aryl methyl sites for hydroxylation is 2. The van der Waals surface area contributed by atoms with Gasteiger partial charge in [0.15, 0.2) is 0 Å². The van der Waals surface area contributed by atoms with Crippen molar-refractivity contribution in [2.45, 2.75) is 27.2 Å². The number of para-hydroxylation sites is 1.